The number of furan rings is 1. The van der Waals surface area contributed by atoms with Gasteiger partial charge in [0.1, 0.15) is 11.5 Å². The van der Waals surface area contributed by atoms with Gasteiger partial charge >= 0.3 is 0 Å². The lowest BCUT2D eigenvalue weighted by Crippen LogP contribution is -2.00. The summed E-state index contributed by atoms with van der Waals surface area (Å²) in [6, 6.07) is 1.69. The van der Waals surface area contributed by atoms with E-state index < -0.39 is 9.84 Å². The SMILES string of the molecule is Cc1oc(CN)cc1CS(C)(=O)=O. The van der Waals surface area contributed by atoms with Gasteiger partial charge in [0.05, 0.1) is 12.3 Å². The second kappa shape index (κ2) is 3.51. The highest BCUT2D eigenvalue weighted by Crippen LogP contribution is 2.16. The minimum absolute atomic E-state index is 0.0162. The van der Waals surface area contributed by atoms with Crippen LogP contribution in [0.25, 0.3) is 0 Å². The van der Waals surface area contributed by atoms with Crippen LogP contribution in [-0.4, -0.2) is 14.7 Å². The molecule has 0 aliphatic rings. The van der Waals surface area contributed by atoms with Gasteiger partial charge in [0, 0.05) is 11.8 Å². The van der Waals surface area contributed by atoms with Gasteiger partial charge in [-0.2, -0.15) is 0 Å². The molecule has 0 bridgehead atoms. The van der Waals surface area contributed by atoms with E-state index in [0.29, 0.717) is 23.6 Å². The van der Waals surface area contributed by atoms with Crippen molar-refractivity contribution >= 4 is 9.84 Å². The Labute approximate surface area is 77.7 Å². The largest absolute Gasteiger partial charge is 0.465 e. The van der Waals surface area contributed by atoms with Gasteiger partial charge in [0.25, 0.3) is 0 Å². The van der Waals surface area contributed by atoms with Gasteiger partial charge in [-0.1, -0.05) is 0 Å². The summed E-state index contributed by atoms with van der Waals surface area (Å²) in [7, 11) is -3.00. The Morgan fingerprint density at radius 3 is 2.54 bits per heavy atom. The molecule has 0 saturated carbocycles. The fourth-order valence-electron chi connectivity index (χ4n) is 1.11. The zero-order chi connectivity index (χ0) is 10.1. The second-order valence-corrected chi connectivity index (χ2v) is 5.21. The molecule has 4 nitrogen and oxygen atoms in total. The van der Waals surface area contributed by atoms with Gasteiger partial charge in [-0.3, -0.25) is 0 Å². The highest BCUT2D eigenvalue weighted by Gasteiger charge is 2.11. The summed E-state index contributed by atoms with van der Waals surface area (Å²) < 4.78 is 27.2. The fraction of sp³-hybridized carbons (Fsp3) is 0.500. The Morgan fingerprint density at radius 1 is 1.54 bits per heavy atom. The lowest BCUT2D eigenvalue weighted by Gasteiger charge is -1.94. The van der Waals surface area contributed by atoms with Gasteiger partial charge in [0.15, 0.2) is 9.84 Å². The van der Waals surface area contributed by atoms with Crippen LogP contribution in [0.5, 0.6) is 0 Å². The molecule has 0 atom stereocenters. The third kappa shape index (κ3) is 2.86. The number of aryl methyl sites for hydroxylation is 1. The molecule has 1 heterocycles. The predicted molar refractivity (Wildman–Crippen MR) is 49.9 cm³/mol. The molecular formula is C8H13NO3S. The number of sulfone groups is 1. The van der Waals surface area contributed by atoms with Crippen LogP contribution in [0.4, 0.5) is 0 Å². The Bertz CT molecular complexity index is 392. The summed E-state index contributed by atoms with van der Waals surface area (Å²) in [6.45, 7) is 2.03. The van der Waals surface area contributed by atoms with Crippen molar-refractivity contribution in [2.24, 2.45) is 5.73 Å². The summed E-state index contributed by atoms with van der Waals surface area (Å²) in [5, 5.41) is 0. The summed E-state index contributed by atoms with van der Waals surface area (Å²) in [5.41, 5.74) is 6.05. The van der Waals surface area contributed by atoms with E-state index in [2.05, 4.69) is 0 Å². The van der Waals surface area contributed by atoms with Crippen LogP contribution in [0.1, 0.15) is 17.1 Å². The standard InChI is InChI=1S/C8H13NO3S/c1-6-7(5-13(2,10)11)3-8(4-9)12-6/h3H,4-5,9H2,1-2H3. The molecule has 1 aromatic heterocycles. The zero-order valence-corrected chi connectivity index (χ0v) is 8.52. The van der Waals surface area contributed by atoms with Crippen LogP contribution in [0.2, 0.25) is 0 Å². The third-order valence-corrected chi connectivity index (χ3v) is 2.53. The van der Waals surface area contributed by atoms with Crippen molar-refractivity contribution in [3.63, 3.8) is 0 Å². The summed E-state index contributed by atoms with van der Waals surface area (Å²) in [6.07, 6.45) is 1.20. The van der Waals surface area contributed by atoms with Crippen LogP contribution in [0.3, 0.4) is 0 Å². The topological polar surface area (TPSA) is 73.3 Å². The minimum Gasteiger partial charge on any atom is -0.465 e. The first kappa shape index (κ1) is 10.3. The molecule has 5 heteroatoms. The summed E-state index contributed by atoms with van der Waals surface area (Å²) in [4.78, 5) is 0. The maximum Gasteiger partial charge on any atom is 0.151 e. The van der Waals surface area contributed by atoms with Crippen molar-refractivity contribution in [3.8, 4) is 0 Å². The van der Waals surface area contributed by atoms with E-state index in [1.807, 2.05) is 0 Å². The van der Waals surface area contributed by atoms with Crippen molar-refractivity contribution in [1.29, 1.82) is 0 Å². The Morgan fingerprint density at radius 2 is 2.15 bits per heavy atom. The normalized spacial score (nSPS) is 11.9. The van der Waals surface area contributed by atoms with Crippen LogP contribution in [0, 0.1) is 6.92 Å². The molecule has 0 aliphatic heterocycles. The maximum atomic E-state index is 11.0. The van der Waals surface area contributed by atoms with Crippen LogP contribution < -0.4 is 5.73 Å². The van der Waals surface area contributed by atoms with Crippen LogP contribution in [-0.2, 0) is 22.1 Å². The van der Waals surface area contributed by atoms with Gasteiger partial charge in [-0.25, -0.2) is 8.42 Å². The first-order chi connectivity index (χ1) is 5.92. The van der Waals surface area contributed by atoms with E-state index in [4.69, 9.17) is 10.2 Å². The smallest absolute Gasteiger partial charge is 0.151 e. The lowest BCUT2D eigenvalue weighted by atomic mass is 10.3. The monoisotopic (exact) mass is 203 g/mol. The van der Waals surface area contributed by atoms with Crippen molar-refractivity contribution in [1.82, 2.24) is 0 Å². The Kier molecular flexibility index (Phi) is 2.77. The zero-order valence-electron chi connectivity index (χ0n) is 7.70. The molecule has 1 rings (SSSR count). The van der Waals surface area contributed by atoms with E-state index >= 15 is 0 Å². The van der Waals surface area contributed by atoms with Crippen LogP contribution >= 0.6 is 0 Å². The van der Waals surface area contributed by atoms with Gasteiger partial charge in [-0.05, 0) is 13.0 Å². The Balaban J connectivity index is 2.95. The Hall–Kier alpha value is -0.810. The average Bonchev–Trinajstić information content (AvgIpc) is 2.29. The molecule has 13 heavy (non-hydrogen) atoms. The first-order valence-electron chi connectivity index (χ1n) is 3.88. The van der Waals surface area contributed by atoms with E-state index in [1.165, 1.54) is 6.26 Å². The number of rotatable bonds is 3. The van der Waals surface area contributed by atoms with Crippen molar-refractivity contribution in [2.45, 2.75) is 19.2 Å². The third-order valence-electron chi connectivity index (χ3n) is 1.69. The molecule has 1 aromatic rings. The summed E-state index contributed by atoms with van der Waals surface area (Å²) >= 11 is 0. The minimum atomic E-state index is -3.00. The summed E-state index contributed by atoms with van der Waals surface area (Å²) in [5.74, 6) is 1.27. The molecule has 0 radical (unpaired) electrons. The number of hydrogen-bond donors (Lipinski definition) is 1. The molecule has 74 valence electrons. The van der Waals surface area contributed by atoms with Crippen molar-refractivity contribution in [3.05, 3.63) is 23.2 Å². The van der Waals surface area contributed by atoms with Gasteiger partial charge in [-0.15, -0.1) is 0 Å². The number of nitrogens with two attached hydrogens (primary N) is 1. The first-order valence-corrected chi connectivity index (χ1v) is 5.94. The molecular weight excluding hydrogens is 190 g/mol. The molecule has 0 aromatic carbocycles. The molecule has 2 N–H and O–H groups in total. The second-order valence-electron chi connectivity index (χ2n) is 3.07. The predicted octanol–water partition coefficient (Wildman–Crippen LogP) is 0.591. The maximum absolute atomic E-state index is 11.0. The molecule has 0 fully saturated rings. The molecule has 0 amide bonds. The molecule has 0 saturated heterocycles. The fourth-order valence-corrected chi connectivity index (χ4v) is 1.97. The highest BCUT2D eigenvalue weighted by atomic mass is 32.2. The molecule has 0 spiro atoms. The van der Waals surface area contributed by atoms with Crippen LogP contribution in [0.15, 0.2) is 10.5 Å². The molecule has 0 unspecified atom stereocenters. The van der Waals surface area contributed by atoms with Crippen molar-refractivity contribution < 1.29 is 12.8 Å². The quantitative estimate of drug-likeness (QED) is 0.780. The van der Waals surface area contributed by atoms with E-state index in [-0.39, 0.29) is 5.75 Å². The van der Waals surface area contributed by atoms with E-state index in [0.717, 1.165) is 0 Å². The lowest BCUT2D eigenvalue weighted by molar-refractivity contribution is 0.483. The average molecular weight is 203 g/mol. The molecule has 0 aliphatic carbocycles. The van der Waals surface area contributed by atoms with E-state index in [1.54, 1.807) is 13.0 Å². The van der Waals surface area contributed by atoms with Gasteiger partial charge < -0.3 is 10.2 Å². The number of hydrogen-bond acceptors (Lipinski definition) is 4. The highest BCUT2D eigenvalue weighted by molar-refractivity contribution is 7.89. The van der Waals surface area contributed by atoms with E-state index in [9.17, 15) is 8.42 Å². The van der Waals surface area contributed by atoms with Gasteiger partial charge in [0.2, 0.25) is 0 Å². The van der Waals surface area contributed by atoms with Crippen molar-refractivity contribution in [2.75, 3.05) is 6.26 Å².